The van der Waals surface area contributed by atoms with Crippen LogP contribution in [0.3, 0.4) is 0 Å². The van der Waals surface area contributed by atoms with Crippen molar-refractivity contribution >= 4 is 23.5 Å². The molecular formula is C28H34N4O2S. The Balaban J connectivity index is 1.37. The number of nitrogens with one attached hydrogen (secondary N) is 1. The number of thioether (sulfide) groups is 1. The van der Waals surface area contributed by atoms with E-state index in [1.54, 1.807) is 11.8 Å². The summed E-state index contributed by atoms with van der Waals surface area (Å²) in [6.07, 6.45) is 2.23. The van der Waals surface area contributed by atoms with E-state index in [2.05, 4.69) is 61.4 Å². The van der Waals surface area contributed by atoms with Crippen molar-refractivity contribution in [3.8, 4) is 0 Å². The maximum atomic E-state index is 12.4. The molecule has 1 aromatic heterocycles. The molecule has 1 amide bonds. The van der Waals surface area contributed by atoms with Gasteiger partial charge in [0.25, 0.3) is 5.91 Å². The summed E-state index contributed by atoms with van der Waals surface area (Å²) in [5.74, 6) is 1.92. The number of aromatic nitrogens is 2. The quantitative estimate of drug-likeness (QED) is 0.302. The van der Waals surface area contributed by atoms with E-state index in [0.717, 1.165) is 54.0 Å². The molecule has 1 atom stereocenters. The van der Waals surface area contributed by atoms with Crippen LogP contribution in [0.2, 0.25) is 0 Å². The Morgan fingerprint density at radius 1 is 1.11 bits per heavy atom. The molecule has 1 N–H and O–H groups in total. The second kappa shape index (κ2) is 12.2. The van der Waals surface area contributed by atoms with Crippen molar-refractivity contribution in [2.24, 2.45) is 0 Å². The van der Waals surface area contributed by atoms with Crippen molar-refractivity contribution in [1.29, 1.82) is 0 Å². The lowest BCUT2D eigenvalue weighted by molar-refractivity contribution is 0.0858. The van der Waals surface area contributed by atoms with Gasteiger partial charge in [0, 0.05) is 49.8 Å². The van der Waals surface area contributed by atoms with Crippen LogP contribution >= 0.6 is 11.8 Å². The van der Waals surface area contributed by atoms with Crippen LogP contribution < -0.4 is 10.2 Å². The Labute approximate surface area is 212 Å². The third kappa shape index (κ3) is 7.29. The van der Waals surface area contributed by atoms with Gasteiger partial charge in [-0.15, -0.1) is 0 Å². The molecule has 1 saturated heterocycles. The van der Waals surface area contributed by atoms with Crippen LogP contribution in [-0.4, -0.2) is 42.2 Å². The summed E-state index contributed by atoms with van der Waals surface area (Å²) in [5, 5.41) is 3.74. The van der Waals surface area contributed by atoms with Gasteiger partial charge < -0.3 is 15.0 Å². The van der Waals surface area contributed by atoms with E-state index in [9.17, 15) is 4.79 Å². The third-order valence-electron chi connectivity index (χ3n) is 6.06. The number of anilines is 1. The average molecular weight is 491 g/mol. The molecule has 0 bridgehead atoms. The summed E-state index contributed by atoms with van der Waals surface area (Å²) in [4.78, 5) is 24.2. The zero-order valence-electron chi connectivity index (χ0n) is 20.7. The first kappa shape index (κ1) is 25.2. The Kier molecular flexibility index (Phi) is 8.77. The van der Waals surface area contributed by atoms with E-state index in [-0.39, 0.29) is 12.0 Å². The molecule has 6 nitrogen and oxygen atoms in total. The molecule has 0 spiro atoms. The lowest BCUT2D eigenvalue weighted by Gasteiger charge is -2.20. The van der Waals surface area contributed by atoms with E-state index in [0.29, 0.717) is 18.0 Å². The molecule has 35 heavy (non-hydrogen) atoms. The Bertz CT molecular complexity index is 1100. The molecule has 7 heteroatoms. The fourth-order valence-corrected chi connectivity index (χ4v) is 4.75. The third-order valence-corrected chi connectivity index (χ3v) is 6.97. The highest BCUT2D eigenvalue weighted by molar-refractivity contribution is 7.98. The number of ether oxygens (including phenoxy) is 1. The summed E-state index contributed by atoms with van der Waals surface area (Å²) >= 11 is 1.62. The molecule has 2 heterocycles. The zero-order valence-corrected chi connectivity index (χ0v) is 21.6. The fraction of sp³-hybridized carbons (Fsp3) is 0.393. The summed E-state index contributed by atoms with van der Waals surface area (Å²) in [5.41, 5.74) is 4.08. The van der Waals surface area contributed by atoms with Crippen LogP contribution in [0.1, 0.15) is 59.8 Å². The number of rotatable bonds is 10. The first-order chi connectivity index (χ1) is 17.0. The molecule has 0 radical (unpaired) electrons. The van der Waals surface area contributed by atoms with E-state index < -0.39 is 0 Å². The molecule has 1 aliphatic heterocycles. The molecule has 4 rings (SSSR count). The highest BCUT2D eigenvalue weighted by Gasteiger charge is 2.17. The van der Waals surface area contributed by atoms with Gasteiger partial charge in [-0.25, -0.2) is 9.97 Å². The molecular weight excluding hydrogens is 456 g/mol. The first-order valence-corrected chi connectivity index (χ1v) is 13.2. The van der Waals surface area contributed by atoms with Crippen LogP contribution in [0.4, 0.5) is 5.82 Å². The molecule has 1 fully saturated rings. The normalized spacial score (nSPS) is 15.4. The van der Waals surface area contributed by atoms with Gasteiger partial charge in [0.2, 0.25) is 0 Å². The van der Waals surface area contributed by atoms with Gasteiger partial charge in [-0.2, -0.15) is 0 Å². The number of nitrogens with zero attached hydrogens (tertiary/aromatic N) is 3. The van der Waals surface area contributed by atoms with Crippen LogP contribution in [-0.2, 0) is 17.0 Å². The van der Waals surface area contributed by atoms with E-state index in [1.807, 2.05) is 30.3 Å². The predicted molar refractivity (Wildman–Crippen MR) is 142 cm³/mol. The van der Waals surface area contributed by atoms with E-state index in [4.69, 9.17) is 14.7 Å². The van der Waals surface area contributed by atoms with Crippen LogP contribution in [0.15, 0.2) is 65.8 Å². The van der Waals surface area contributed by atoms with Gasteiger partial charge in [0.1, 0.15) is 5.82 Å². The van der Waals surface area contributed by atoms with Crippen molar-refractivity contribution in [3.05, 3.63) is 83.0 Å². The number of hydrogen-bond donors (Lipinski definition) is 1. The lowest BCUT2D eigenvalue weighted by Crippen LogP contribution is -2.31. The monoisotopic (exact) mass is 490 g/mol. The van der Waals surface area contributed by atoms with Crippen molar-refractivity contribution in [1.82, 2.24) is 15.3 Å². The second-order valence-electron chi connectivity index (χ2n) is 9.26. The van der Waals surface area contributed by atoms with Crippen molar-refractivity contribution in [2.75, 3.05) is 25.1 Å². The maximum Gasteiger partial charge on any atom is 0.251 e. The lowest BCUT2D eigenvalue weighted by atomic mass is 10.1. The Morgan fingerprint density at radius 3 is 2.57 bits per heavy atom. The predicted octanol–water partition coefficient (Wildman–Crippen LogP) is 5.44. The van der Waals surface area contributed by atoms with Crippen LogP contribution in [0, 0.1) is 0 Å². The minimum atomic E-state index is -0.0567. The molecule has 184 valence electrons. The van der Waals surface area contributed by atoms with Gasteiger partial charge in [-0.05, 0) is 42.0 Å². The number of carbonyl (C=O) groups is 1. The van der Waals surface area contributed by atoms with Crippen molar-refractivity contribution in [2.45, 2.75) is 56.2 Å². The van der Waals surface area contributed by atoms with Crippen molar-refractivity contribution in [3.63, 3.8) is 0 Å². The van der Waals surface area contributed by atoms with Crippen molar-refractivity contribution < 1.29 is 9.53 Å². The summed E-state index contributed by atoms with van der Waals surface area (Å²) in [6.45, 7) is 6.46. The molecule has 0 saturated carbocycles. The van der Waals surface area contributed by atoms with Crippen LogP contribution in [0.25, 0.3) is 0 Å². The molecule has 3 aromatic rings. The summed E-state index contributed by atoms with van der Waals surface area (Å²) in [6, 6.07) is 20.3. The molecule has 2 aromatic carbocycles. The zero-order chi connectivity index (χ0) is 24.6. The van der Waals surface area contributed by atoms with Gasteiger partial charge in [0.05, 0.1) is 6.10 Å². The Morgan fingerprint density at radius 2 is 1.89 bits per heavy atom. The highest BCUT2D eigenvalue weighted by Crippen LogP contribution is 2.26. The molecule has 1 unspecified atom stereocenters. The standard InChI is InChI=1S/C28H34N4O2S/c1-20(2)25-16-26(32(3)18-21-8-5-4-6-9-21)31-28(30-25)35-19-22-11-13-23(14-12-22)27(33)29-17-24-10-7-15-34-24/h4-6,8-9,11-14,16,20,24H,7,10,15,17-19H2,1-3H3,(H,29,33). The second-order valence-corrected chi connectivity index (χ2v) is 10.2. The minimum Gasteiger partial charge on any atom is -0.376 e. The van der Waals surface area contributed by atoms with Gasteiger partial charge in [-0.1, -0.05) is 68.1 Å². The van der Waals surface area contributed by atoms with Crippen LogP contribution in [0.5, 0.6) is 0 Å². The van der Waals surface area contributed by atoms with Gasteiger partial charge in [-0.3, -0.25) is 4.79 Å². The summed E-state index contributed by atoms with van der Waals surface area (Å²) < 4.78 is 5.58. The van der Waals surface area contributed by atoms with Gasteiger partial charge >= 0.3 is 0 Å². The SMILES string of the molecule is CC(C)c1cc(N(C)Cc2ccccc2)nc(SCc2ccc(C(=O)NCC3CCCO3)cc2)n1. The molecule has 0 aliphatic carbocycles. The first-order valence-electron chi connectivity index (χ1n) is 12.2. The average Bonchev–Trinajstić information content (AvgIpc) is 3.40. The largest absolute Gasteiger partial charge is 0.376 e. The maximum absolute atomic E-state index is 12.4. The fourth-order valence-electron chi connectivity index (χ4n) is 3.94. The van der Waals surface area contributed by atoms with Gasteiger partial charge in [0.15, 0.2) is 5.16 Å². The summed E-state index contributed by atoms with van der Waals surface area (Å²) in [7, 11) is 2.07. The highest BCUT2D eigenvalue weighted by atomic mass is 32.2. The molecule has 1 aliphatic rings. The van der Waals surface area contributed by atoms with E-state index >= 15 is 0 Å². The number of hydrogen-bond acceptors (Lipinski definition) is 6. The minimum absolute atomic E-state index is 0.0567. The number of amides is 1. The topological polar surface area (TPSA) is 67.4 Å². The smallest absolute Gasteiger partial charge is 0.251 e. The Hall–Kier alpha value is -2.90. The van der Waals surface area contributed by atoms with E-state index in [1.165, 1.54) is 5.56 Å². The number of benzene rings is 2. The number of carbonyl (C=O) groups excluding carboxylic acids is 1.